The fourth-order valence-electron chi connectivity index (χ4n) is 2.37. The van der Waals surface area contributed by atoms with Gasteiger partial charge in [0.1, 0.15) is 18.7 Å². The highest BCUT2D eigenvalue weighted by atomic mass is 35.5. The number of aliphatic imine (C=N–C) groups is 1. The normalized spacial score (nSPS) is 11.5. The lowest BCUT2D eigenvalue weighted by atomic mass is 10.4. The fourth-order valence-corrected chi connectivity index (χ4v) is 3.51. The molecule has 2 heterocycles. The van der Waals surface area contributed by atoms with Crippen molar-refractivity contribution in [3.05, 3.63) is 33.5 Å². The Kier molecular flexibility index (Phi) is 8.05. The van der Waals surface area contributed by atoms with Crippen LogP contribution in [-0.2, 0) is 24.3 Å². The molecule has 0 saturated heterocycles. The van der Waals surface area contributed by atoms with Gasteiger partial charge >= 0.3 is 0 Å². The van der Waals surface area contributed by atoms with E-state index in [0.717, 1.165) is 28.0 Å². The number of guanidine groups is 1. The second kappa shape index (κ2) is 10.3. The van der Waals surface area contributed by atoms with Crippen LogP contribution in [0.2, 0.25) is 4.34 Å². The topological polar surface area (TPSA) is 78.6 Å². The molecule has 0 saturated carbocycles. The molecule has 2 aromatic heterocycles. The summed E-state index contributed by atoms with van der Waals surface area (Å²) in [4.78, 5) is 21.0. The number of aryl methyl sites for hydroxylation is 1. The van der Waals surface area contributed by atoms with Crippen molar-refractivity contribution in [1.82, 2.24) is 29.9 Å². The van der Waals surface area contributed by atoms with Gasteiger partial charge in [0, 0.05) is 45.5 Å². The molecule has 0 bridgehead atoms. The summed E-state index contributed by atoms with van der Waals surface area (Å²) in [5.74, 6) is 1.56. The summed E-state index contributed by atoms with van der Waals surface area (Å²) < 4.78 is 2.77. The van der Waals surface area contributed by atoms with Crippen LogP contribution in [0.1, 0.15) is 17.6 Å². The average molecular weight is 412 g/mol. The van der Waals surface area contributed by atoms with Crippen LogP contribution < -0.4 is 5.32 Å². The average Bonchev–Trinajstić information content (AvgIpc) is 3.25. The lowest BCUT2D eigenvalue weighted by molar-refractivity contribution is -0.127. The molecule has 0 unspecified atom stereocenters. The van der Waals surface area contributed by atoms with Crippen molar-refractivity contribution in [2.45, 2.75) is 26.4 Å². The summed E-state index contributed by atoms with van der Waals surface area (Å²) in [6.45, 7) is 4.17. The molecule has 27 heavy (non-hydrogen) atoms. The second-order valence-electron chi connectivity index (χ2n) is 6.21. The molecule has 0 atom stereocenters. The van der Waals surface area contributed by atoms with Gasteiger partial charge in [0.15, 0.2) is 5.96 Å². The smallest absolute Gasteiger partial charge is 0.243 e. The fraction of sp³-hybridized carbons (Fsp3) is 0.529. The third-order valence-corrected chi connectivity index (χ3v) is 5.11. The number of likely N-dealkylation sites (N-methyl/N-ethyl adjacent to an activating group) is 1. The van der Waals surface area contributed by atoms with Crippen molar-refractivity contribution < 1.29 is 4.79 Å². The Hall–Kier alpha value is -2.13. The highest BCUT2D eigenvalue weighted by molar-refractivity contribution is 7.16. The molecule has 0 spiro atoms. The predicted octanol–water partition coefficient (Wildman–Crippen LogP) is 1.72. The van der Waals surface area contributed by atoms with E-state index < -0.39 is 0 Å². The first-order valence-electron chi connectivity index (χ1n) is 8.71. The van der Waals surface area contributed by atoms with E-state index in [0.29, 0.717) is 19.0 Å². The van der Waals surface area contributed by atoms with Crippen LogP contribution in [-0.4, -0.2) is 70.7 Å². The molecular formula is C17H26ClN7OS. The number of carbonyl (C=O) groups excluding carboxylic acids is 1. The summed E-state index contributed by atoms with van der Waals surface area (Å²) in [5, 5.41) is 11.4. The second-order valence-corrected chi connectivity index (χ2v) is 8.01. The Morgan fingerprint density at radius 1 is 1.37 bits per heavy atom. The zero-order valence-electron chi connectivity index (χ0n) is 16.1. The van der Waals surface area contributed by atoms with Crippen LogP contribution in [0.15, 0.2) is 23.5 Å². The lowest BCUT2D eigenvalue weighted by Gasteiger charge is -2.22. The number of halogens is 1. The maximum Gasteiger partial charge on any atom is 0.243 e. The monoisotopic (exact) mass is 411 g/mol. The Balaban J connectivity index is 2.01. The highest BCUT2D eigenvalue weighted by Gasteiger charge is 2.11. The zero-order valence-corrected chi connectivity index (χ0v) is 17.7. The summed E-state index contributed by atoms with van der Waals surface area (Å²) in [6.07, 6.45) is 2.56. The largest absolute Gasteiger partial charge is 0.354 e. The SMILES string of the molecule is CCc1nncn1CCNC(=NCC(=O)N(C)C)N(C)Cc1ccc(Cl)s1. The molecule has 10 heteroatoms. The van der Waals surface area contributed by atoms with Crippen molar-refractivity contribution >= 4 is 34.8 Å². The molecule has 0 radical (unpaired) electrons. The number of rotatable bonds is 8. The van der Waals surface area contributed by atoms with Crippen LogP contribution in [0.5, 0.6) is 0 Å². The molecular weight excluding hydrogens is 386 g/mol. The van der Waals surface area contributed by atoms with Gasteiger partial charge in [-0.1, -0.05) is 18.5 Å². The molecule has 2 rings (SSSR count). The number of hydrogen-bond donors (Lipinski definition) is 1. The van der Waals surface area contributed by atoms with E-state index in [1.54, 1.807) is 20.4 Å². The first kappa shape index (κ1) is 21.2. The van der Waals surface area contributed by atoms with Crippen molar-refractivity contribution in [3.8, 4) is 0 Å². The molecule has 1 amide bonds. The molecule has 0 aliphatic rings. The predicted molar refractivity (Wildman–Crippen MR) is 109 cm³/mol. The first-order valence-corrected chi connectivity index (χ1v) is 9.90. The third-order valence-electron chi connectivity index (χ3n) is 3.89. The number of amides is 1. The number of hydrogen-bond acceptors (Lipinski definition) is 5. The molecule has 2 aromatic rings. The van der Waals surface area contributed by atoms with E-state index in [9.17, 15) is 4.79 Å². The van der Waals surface area contributed by atoms with Gasteiger partial charge in [-0.15, -0.1) is 21.5 Å². The van der Waals surface area contributed by atoms with Gasteiger partial charge < -0.3 is 19.7 Å². The number of aromatic nitrogens is 3. The quantitative estimate of drug-likeness (QED) is 0.528. The van der Waals surface area contributed by atoms with Crippen LogP contribution in [0, 0.1) is 0 Å². The molecule has 0 aromatic carbocycles. The van der Waals surface area contributed by atoms with Gasteiger partial charge in [-0.2, -0.15) is 0 Å². The van der Waals surface area contributed by atoms with Gasteiger partial charge in [0.05, 0.1) is 10.9 Å². The van der Waals surface area contributed by atoms with E-state index in [1.165, 1.54) is 16.2 Å². The maximum absolute atomic E-state index is 11.9. The van der Waals surface area contributed by atoms with Crippen molar-refractivity contribution in [2.75, 3.05) is 34.2 Å². The Bertz CT molecular complexity index is 771. The van der Waals surface area contributed by atoms with Crippen molar-refractivity contribution in [2.24, 2.45) is 4.99 Å². The van der Waals surface area contributed by atoms with Crippen molar-refractivity contribution in [1.29, 1.82) is 0 Å². The number of carbonyl (C=O) groups is 1. The van der Waals surface area contributed by atoms with Crippen molar-refractivity contribution in [3.63, 3.8) is 0 Å². The van der Waals surface area contributed by atoms with Crippen LogP contribution >= 0.6 is 22.9 Å². The van der Waals surface area contributed by atoms with E-state index in [2.05, 4.69) is 20.5 Å². The van der Waals surface area contributed by atoms with Crippen LogP contribution in [0.4, 0.5) is 0 Å². The molecule has 1 N–H and O–H groups in total. The molecule has 0 fully saturated rings. The van der Waals surface area contributed by atoms with E-state index in [4.69, 9.17) is 11.6 Å². The summed E-state index contributed by atoms with van der Waals surface area (Å²) in [5.41, 5.74) is 0. The van der Waals surface area contributed by atoms with Gasteiger partial charge in [0.2, 0.25) is 5.91 Å². The van der Waals surface area contributed by atoms with Gasteiger partial charge in [-0.25, -0.2) is 4.99 Å². The van der Waals surface area contributed by atoms with E-state index in [1.807, 2.05) is 35.6 Å². The first-order chi connectivity index (χ1) is 12.9. The van der Waals surface area contributed by atoms with Gasteiger partial charge in [-0.3, -0.25) is 4.79 Å². The standard InChI is InChI=1S/C17H26ClN7OS/c1-5-15-22-21-12-25(15)9-8-19-17(20-10-16(26)23(2)3)24(4)11-13-6-7-14(18)27-13/h6-7,12H,5,8-11H2,1-4H3,(H,19,20). The van der Waals surface area contributed by atoms with E-state index >= 15 is 0 Å². The summed E-state index contributed by atoms with van der Waals surface area (Å²) >= 11 is 7.55. The molecule has 148 valence electrons. The van der Waals surface area contributed by atoms with Gasteiger partial charge in [0.25, 0.3) is 0 Å². The summed E-state index contributed by atoms with van der Waals surface area (Å²) in [7, 11) is 5.39. The van der Waals surface area contributed by atoms with Gasteiger partial charge in [-0.05, 0) is 12.1 Å². The Morgan fingerprint density at radius 2 is 2.15 bits per heavy atom. The third kappa shape index (κ3) is 6.51. The number of nitrogens with one attached hydrogen (secondary N) is 1. The number of thiophene rings is 1. The minimum Gasteiger partial charge on any atom is -0.354 e. The zero-order chi connectivity index (χ0) is 19.8. The number of nitrogens with zero attached hydrogens (tertiary/aromatic N) is 6. The highest BCUT2D eigenvalue weighted by Crippen LogP contribution is 2.22. The minimum absolute atomic E-state index is 0.0473. The maximum atomic E-state index is 11.9. The lowest BCUT2D eigenvalue weighted by Crippen LogP contribution is -2.40. The molecule has 8 nitrogen and oxygen atoms in total. The Morgan fingerprint density at radius 3 is 2.78 bits per heavy atom. The minimum atomic E-state index is -0.0473. The Labute approximate surface area is 168 Å². The molecule has 0 aliphatic carbocycles. The van der Waals surface area contributed by atoms with E-state index in [-0.39, 0.29) is 12.5 Å². The summed E-state index contributed by atoms with van der Waals surface area (Å²) in [6, 6.07) is 3.88. The van der Waals surface area contributed by atoms with Crippen LogP contribution in [0.25, 0.3) is 0 Å². The molecule has 0 aliphatic heterocycles. The van der Waals surface area contributed by atoms with Crippen LogP contribution in [0.3, 0.4) is 0 Å².